The summed E-state index contributed by atoms with van der Waals surface area (Å²) in [5, 5.41) is 32.7. The lowest BCUT2D eigenvalue weighted by Gasteiger charge is -2.30. The molecule has 4 amide bonds. The zero-order valence-electron chi connectivity index (χ0n) is 18.2. The minimum absolute atomic E-state index is 0.134. The Bertz CT molecular complexity index is 773. The van der Waals surface area contributed by atoms with Gasteiger partial charge in [-0.25, -0.2) is 4.79 Å². The summed E-state index contributed by atoms with van der Waals surface area (Å²) in [7, 11) is 0. The van der Waals surface area contributed by atoms with Gasteiger partial charge in [-0.05, 0) is 32.6 Å². The number of carboxylic acid groups (broad SMARTS) is 2. The lowest BCUT2D eigenvalue weighted by molar-refractivity contribution is -0.150. The third kappa shape index (κ3) is 8.65. The second-order valence-corrected chi connectivity index (χ2v) is 7.86. The molecule has 0 aromatic rings. The fourth-order valence-electron chi connectivity index (χ4n) is 3.35. The highest BCUT2D eigenvalue weighted by Crippen LogP contribution is 2.19. The summed E-state index contributed by atoms with van der Waals surface area (Å²) in [6.07, 6.45) is -1.87. The van der Waals surface area contributed by atoms with Crippen LogP contribution in [0.5, 0.6) is 0 Å². The minimum Gasteiger partial charge on any atom is -0.481 e. The van der Waals surface area contributed by atoms with Crippen molar-refractivity contribution in [1.29, 1.82) is 0 Å². The van der Waals surface area contributed by atoms with E-state index in [9.17, 15) is 39.0 Å². The normalized spacial score (nSPS) is 19.1. The maximum atomic E-state index is 12.9. The number of carbonyl (C=O) groups is 6. The van der Waals surface area contributed by atoms with Crippen LogP contribution in [0.1, 0.15) is 45.4 Å². The molecular formula is C19H31N5O9. The van der Waals surface area contributed by atoms with E-state index in [0.29, 0.717) is 6.42 Å². The van der Waals surface area contributed by atoms with Gasteiger partial charge in [0, 0.05) is 19.4 Å². The van der Waals surface area contributed by atoms with Gasteiger partial charge >= 0.3 is 11.9 Å². The van der Waals surface area contributed by atoms with E-state index in [1.165, 1.54) is 6.92 Å². The molecule has 0 aromatic carbocycles. The predicted octanol–water partition coefficient (Wildman–Crippen LogP) is -3.13. The van der Waals surface area contributed by atoms with E-state index >= 15 is 0 Å². The first kappa shape index (κ1) is 27.8. The molecule has 0 saturated carbocycles. The molecule has 0 aliphatic carbocycles. The Morgan fingerprint density at radius 1 is 1.03 bits per heavy atom. The summed E-state index contributed by atoms with van der Waals surface area (Å²) >= 11 is 0. The smallest absolute Gasteiger partial charge is 0.326 e. The van der Waals surface area contributed by atoms with Gasteiger partial charge in [0.25, 0.3) is 0 Å². The van der Waals surface area contributed by atoms with E-state index in [1.807, 2.05) is 0 Å². The maximum absolute atomic E-state index is 12.9. The van der Waals surface area contributed by atoms with E-state index in [1.54, 1.807) is 0 Å². The number of nitrogens with one attached hydrogen (secondary N) is 2. The maximum Gasteiger partial charge on any atom is 0.326 e. The molecule has 0 radical (unpaired) electrons. The Kier molecular flexibility index (Phi) is 10.7. The van der Waals surface area contributed by atoms with Crippen LogP contribution in [0.2, 0.25) is 0 Å². The first-order chi connectivity index (χ1) is 15.3. The molecule has 9 N–H and O–H groups in total. The van der Waals surface area contributed by atoms with Gasteiger partial charge in [0.2, 0.25) is 23.6 Å². The monoisotopic (exact) mass is 473 g/mol. The molecule has 14 heteroatoms. The quantitative estimate of drug-likeness (QED) is 0.142. The molecule has 0 spiro atoms. The van der Waals surface area contributed by atoms with E-state index in [4.69, 9.17) is 16.6 Å². The summed E-state index contributed by atoms with van der Waals surface area (Å²) < 4.78 is 0. The molecule has 5 unspecified atom stereocenters. The van der Waals surface area contributed by atoms with E-state index in [2.05, 4.69) is 10.6 Å². The highest BCUT2D eigenvalue weighted by molar-refractivity contribution is 5.94. The van der Waals surface area contributed by atoms with Crippen LogP contribution in [0.3, 0.4) is 0 Å². The van der Waals surface area contributed by atoms with E-state index in [-0.39, 0.29) is 38.6 Å². The summed E-state index contributed by atoms with van der Waals surface area (Å²) in [6.45, 7) is 1.36. The predicted molar refractivity (Wildman–Crippen MR) is 111 cm³/mol. The van der Waals surface area contributed by atoms with Crippen LogP contribution >= 0.6 is 0 Å². The van der Waals surface area contributed by atoms with Crippen molar-refractivity contribution in [2.45, 2.75) is 75.7 Å². The number of hydrogen-bond donors (Lipinski definition) is 7. The van der Waals surface area contributed by atoms with Crippen molar-refractivity contribution in [1.82, 2.24) is 15.5 Å². The van der Waals surface area contributed by atoms with Gasteiger partial charge in [0.15, 0.2) is 0 Å². The van der Waals surface area contributed by atoms with Gasteiger partial charge in [-0.2, -0.15) is 0 Å². The van der Waals surface area contributed by atoms with Crippen molar-refractivity contribution in [2.75, 3.05) is 6.54 Å². The van der Waals surface area contributed by atoms with Gasteiger partial charge in [0.05, 0.1) is 12.1 Å². The summed E-state index contributed by atoms with van der Waals surface area (Å²) in [5.41, 5.74) is 10.7. The molecule has 1 fully saturated rings. The number of aliphatic hydroxyl groups is 1. The number of aliphatic hydroxyl groups excluding tert-OH is 1. The van der Waals surface area contributed by atoms with Crippen molar-refractivity contribution >= 4 is 35.6 Å². The topological polar surface area (TPSA) is 242 Å². The number of aliphatic carboxylic acids is 2. The average Bonchev–Trinajstić information content (AvgIpc) is 3.22. The number of carbonyl (C=O) groups excluding carboxylic acids is 4. The lowest BCUT2D eigenvalue weighted by atomic mass is 10.1. The van der Waals surface area contributed by atoms with Crippen molar-refractivity contribution in [3.63, 3.8) is 0 Å². The molecule has 5 atom stereocenters. The Hall–Kier alpha value is -3.26. The summed E-state index contributed by atoms with van der Waals surface area (Å²) in [5.74, 6) is -5.73. The molecule has 1 aliphatic rings. The molecule has 1 aliphatic heterocycles. The molecule has 1 saturated heterocycles. The van der Waals surface area contributed by atoms with Crippen LogP contribution in [0.15, 0.2) is 0 Å². The standard InChI is InChI=1S/C19H31N5O9/c1-9(25)15(18(31)24-8-2-3-12(24)19(32)33)23-17(30)11(5-6-13(21)26)22-16(29)10(20)4-7-14(27)28/h9-12,15,25H,2-8,20H2,1H3,(H2,21,26)(H,22,29)(H,23,30)(H,27,28)(H,32,33). The van der Waals surface area contributed by atoms with Gasteiger partial charge < -0.3 is 42.3 Å². The van der Waals surface area contributed by atoms with Crippen molar-refractivity contribution in [2.24, 2.45) is 11.5 Å². The van der Waals surface area contributed by atoms with Crippen LogP contribution in [0, 0.1) is 0 Å². The highest BCUT2D eigenvalue weighted by atomic mass is 16.4. The molecule has 1 rings (SSSR count). The number of amides is 4. The SMILES string of the molecule is CC(O)C(NC(=O)C(CCC(N)=O)NC(=O)C(N)CCC(=O)O)C(=O)N1CCCC1C(=O)O. The van der Waals surface area contributed by atoms with Crippen LogP contribution in [0.4, 0.5) is 0 Å². The van der Waals surface area contributed by atoms with Crippen LogP contribution in [-0.2, 0) is 28.8 Å². The largest absolute Gasteiger partial charge is 0.481 e. The highest BCUT2D eigenvalue weighted by Gasteiger charge is 2.40. The zero-order valence-corrected chi connectivity index (χ0v) is 18.2. The van der Waals surface area contributed by atoms with Gasteiger partial charge in [-0.3, -0.25) is 24.0 Å². The number of primary amides is 1. The molecule has 186 valence electrons. The molecule has 0 aromatic heterocycles. The third-order valence-electron chi connectivity index (χ3n) is 5.19. The Balaban J connectivity index is 2.96. The van der Waals surface area contributed by atoms with Crippen molar-refractivity contribution in [3.05, 3.63) is 0 Å². The van der Waals surface area contributed by atoms with Crippen LogP contribution < -0.4 is 22.1 Å². The molecule has 0 bridgehead atoms. The molecule has 33 heavy (non-hydrogen) atoms. The number of hydrogen-bond acceptors (Lipinski definition) is 8. The third-order valence-corrected chi connectivity index (χ3v) is 5.19. The number of carboxylic acids is 2. The number of nitrogens with zero attached hydrogens (tertiary/aromatic N) is 1. The second kappa shape index (κ2) is 12.7. The fraction of sp³-hybridized carbons (Fsp3) is 0.684. The van der Waals surface area contributed by atoms with Gasteiger partial charge in [0.1, 0.15) is 18.1 Å². The molecular weight excluding hydrogens is 442 g/mol. The fourth-order valence-corrected chi connectivity index (χ4v) is 3.35. The first-order valence-corrected chi connectivity index (χ1v) is 10.4. The van der Waals surface area contributed by atoms with Crippen LogP contribution in [0.25, 0.3) is 0 Å². The van der Waals surface area contributed by atoms with Gasteiger partial charge in [-0.1, -0.05) is 0 Å². The summed E-state index contributed by atoms with van der Waals surface area (Å²) in [4.78, 5) is 72.2. The van der Waals surface area contributed by atoms with E-state index in [0.717, 1.165) is 4.90 Å². The number of likely N-dealkylation sites (tertiary alicyclic amines) is 1. The van der Waals surface area contributed by atoms with Gasteiger partial charge in [-0.15, -0.1) is 0 Å². The molecule has 14 nitrogen and oxygen atoms in total. The average molecular weight is 473 g/mol. The second-order valence-electron chi connectivity index (χ2n) is 7.86. The summed E-state index contributed by atoms with van der Waals surface area (Å²) in [6, 6.07) is -5.22. The Morgan fingerprint density at radius 3 is 2.18 bits per heavy atom. The lowest BCUT2D eigenvalue weighted by Crippen LogP contribution is -2.60. The van der Waals surface area contributed by atoms with Crippen molar-refractivity contribution < 1.29 is 44.1 Å². The zero-order chi connectivity index (χ0) is 25.3. The van der Waals surface area contributed by atoms with E-state index < -0.39 is 65.8 Å². The minimum atomic E-state index is -1.51. The van der Waals surface area contributed by atoms with Crippen LogP contribution in [-0.4, -0.2) is 92.6 Å². The number of rotatable bonds is 13. The molecule has 1 heterocycles. The number of nitrogens with two attached hydrogens (primary N) is 2. The Labute approximate surface area is 189 Å². The first-order valence-electron chi connectivity index (χ1n) is 10.4. The Morgan fingerprint density at radius 2 is 1.67 bits per heavy atom. The van der Waals surface area contributed by atoms with Crippen molar-refractivity contribution in [3.8, 4) is 0 Å².